The first kappa shape index (κ1) is 24.0. The number of benzene rings is 3. The topological polar surface area (TPSA) is 87.3 Å². The van der Waals surface area contributed by atoms with Crippen molar-refractivity contribution in [2.45, 2.75) is 46.1 Å². The molecule has 2 amide bonds. The highest BCUT2D eigenvalue weighted by Gasteiger charge is 2.21. The van der Waals surface area contributed by atoms with Gasteiger partial charge in [-0.2, -0.15) is 0 Å². The fourth-order valence-corrected chi connectivity index (χ4v) is 3.72. The minimum atomic E-state index is -0.626. The van der Waals surface area contributed by atoms with Gasteiger partial charge in [-0.3, -0.25) is 14.4 Å². The monoisotopic (exact) mass is 445 g/mol. The normalized spacial score (nSPS) is 11.6. The summed E-state index contributed by atoms with van der Waals surface area (Å²) in [4.78, 5) is 36.6. The Balaban J connectivity index is 1.70. The molecule has 0 aliphatic rings. The van der Waals surface area contributed by atoms with Crippen LogP contribution in [-0.2, 0) is 9.59 Å². The number of hydrogen-bond donors (Lipinski definition) is 3. The van der Waals surface area contributed by atoms with Gasteiger partial charge in [-0.15, -0.1) is 0 Å². The van der Waals surface area contributed by atoms with E-state index in [4.69, 9.17) is 0 Å². The minimum Gasteiger partial charge on any atom is -0.356 e. The number of unbranched alkanes of at least 4 members (excludes halogenated alkanes) is 1. The van der Waals surface area contributed by atoms with Crippen molar-refractivity contribution in [2.24, 2.45) is 0 Å². The molecule has 0 radical (unpaired) electrons. The molecule has 0 saturated carbocycles. The lowest BCUT2D eigenvalue weighted by molar-refractivity contribution is -0.124. The molecule has 172 valence electrons. The van der Waals surface area contributed by atoms with E-state index in [2.05, 4.69) is 40.2 Å². The highest BCUT2D eigenvalue weighted by atomic mass is 16.2. The number of Topliss-reactive ketones (excluding diaryl/α,β-unsaturated/α-hetero) is 1. The van der Waals surface area contributed by atoms with Gasteiger partial charge in [-0.05, 0) is 60.0 Å². The Labute approximate surface area is 194 Å². The van der Waals surface area contributed by atoms with Crippen LogP contribution in [0.25, 0.3) is 10.8 Å². The Bertz CT molecular complexity index is 1160. The molecule has 0 saturated heterocycles. The van der Waals surface area contributed by atoms with Gasteiger partial charge in [0.05, 0.1) is 12.6 Å². The van der Waals surface area contributed by atoms with Gasteiger partial charge >= 0.3 is 0 Å². The van der Waals surface area contributed by atoms with Crippen molar-refractivity contribution in [3.63, 3.8) is 0 Å². The van der Waals surface area contributed by atoms with Crippen molar-refractivity contribution in [3.05, 3.63) is 71.8 Å². The molecule has 1 unspecified atom stereocenters. The van der Waals surface area contributed by atoms with Crippen LogP contribution in [0.15, 0.2) is 60.7 Å². The number of aryl methyl sites for hydroxylation is 1. The van der Waals surface area contributed by atoms with E-state index in [0.29, 0.717) is 12.0 Å². The van der Waals surface area contributed by atoms with E-state index in [1.807, 2.05) is 44.2 Å². The first-order valence-corrected chi connectivity index (χ1v) is 11.3. The third kappa shape index (κ3) is 6.65. The van der Waals surface area contributed by atoms with Gasteiger partial charge in [-0.25, -0.2) is 0 Å². The van der Waals surface area contributed by atoms with Crippen molar-refractivity contribution in [1.29, 1.82) is 0 Å². The third-order valence-electron chi connectivity index (χ3n) is 5.56. The van der Waals surface area contributed by atoms with Crippen molar-refractivity contribution < 1.29 is 14.4 Å². The lowest BCUT2D eigenvalue weighted by Crippen LogP contribution is -2.45. The summed E-state index contributed by atoms with van der Waals surface area (Å²) in [5.41, 5.74) is 3.17. The predicted molar refractivity (Wildman–Crippen MR) is 133 cm³/mol. The largest absolute Gasteiger partial charge is 0.356 e. The van der Waals surface area contributed by atoms with Gasteiger partial charge < -0.3 is 16.0 Å². The van der Waals surface area contributed by atoms with Crippen LogP contribution < -0.4 is 16.0 Å². The van der Waals surface area contributed by atoms with Gasteiger partial charge in [0.15, 0.2) is 5.78 Å². The maximum absolute atomic E-state index is 12.9. The Hall–Kier alpha value is -3.67. The van der Waals surface area contributed by atoms with Crippen LogP contribution in [0, 0.1) is 6.92 Å². The molecule has 3 aromatic carbocycles. The zero-order valence-electron chi connectivity index (χ0n) is 19.4. The quantitative estimate of drug-likeness (QED) is 0.415. The van der Waals surface area contributed by atoms with E-state index in [1.54, 1.807) is 6.07 Å². The number of carbonyl (C=O) groups is 3. The summed E-state index contributed by atoms with van der Waals surface area (Å²) in [6, 6.07) is 19.3. The molecule has 0 heterocycles. The number of anilines is 2. The predicted octanol–water partition coefficient (Wildman–Crippen LogP) is 4.89. The Kier molecular flexibility index (Phi) is 8.19. The summed E-state index contributed by atoms with van der Waals surface area (Å²) < 4.78 is 0. The minimum absolute atomic E-state index is 0.0857. The van der Waals surface area contributed by atoms with Crippen LogP contribution in [0.2, 0.25) is 0 Å². The number of rotatable bonds is 10. The molecular weight excluding hydrogens is 414 g/mol. The second-order valence-corrected chi connectivity index (χ2v) is 8.26. The van der Waals surface area contributed by atoms with Gasteiger partial charge in [0.25, 0.3) is 5.91 Å². The molecule has 0 bridgehead atoms. The average Bonchev–Trinajstić information content (AvgIpc) is 2.80. The molecule has 3 aromatic rings. The van der Waals surface area contributed by atoms with Crippen LogP contribution in [0.3, 0.4) is 0 Å². The van der Waals surface area contributed by atoms with Crippen LogP contribution in [0.4, 0.5) is 11.4 Å². The summed E-state index contributed by atoms with van der Waals surface area (Å²) in [6.07, 6.45) is 2.26. The number of carbonyl (C=O) groups excluding carboxylic acids is 3. The van der Waals surface area contributed by atoms with Crippen molar-refractivity contribution >= 4 is 39.7 Å². The molecule has 0 aliphatic heterocycles. The molecule has 6 nitrogen and oxygen atoms in total. The molecular formula is C27H31N3O3. The van der Waals surface area contributed by atoms with E-state index in [0.717, 1.165) is 35.2 Å². The molecule has 0 aliphatic carbocycles. The first-order valence-electron chi connectivity index (χ1n) is 11.3. The third-order valence-corrected chi connectivity index (χ3v) is 5.56. The maximum Gasteiger partial charge on any atom is 0.252 e. The number of hydrogen-bond acceptors (Lipinski definition) is 4. The van der Waals surface area contributed by atoms with Gasteiger partial charge in [0.2, 0.25) is 5.91 Å². The van der Waals surface area contributed by atoms with E-state index >= 15 is 0 Å². The highest BCUT2D eigenvalue weighted by Crippen LogP contribution is 2.24. The smallest absolute Gasteiger partial charge is 0.252 e. The number of nitrogens with one attached hydrogen (secondary N) is 3. The molecule has 1 atom stereocenters. The zero-order valence-corrected chi connectivity index (χ0v) is 19.4. The average molecular weight is 446 g/mol. The lowest BCUT2D eigenvalue weighted by atomic mass is 10.0. The molecule has 33 heavy (non-hydrogen) atoms. The number of amides is 2. The summed E-state index contributed by atoms with van der Waals surface area (Å²) in [7, 11) is 0. The van der Waals surface area contributed by atoms with E-state index < -0.39 is 6.04 Å². The fraction of sp³-hybridized carbons (Fsp3) is 0.296. The van der Waals surface area contributed by atoms with Gasteiger partial charge in [0.1, 0.15) is 0 Å². The maximum atomic E-state index is 12.9. The van der Waals surface area contributed by atoms with Crippen LogP contribution >= 0.6 is 0 Å². The van der Waals surface area contributed by atoms with Crippen molar-refractivity contribution in [1.82, 2.24) is 10.6 Å². The Morgan fingerprint density at radius 1 is 0.909 bits per heavy atom. The molecule has 6 heteroatoms. The summed E-state index contributed by atoms with van der Waals surface area (Å²) in [5, 5.41) is 11.1. The molecule has 0 fully saturated rings. The van der Waals surface area contributed by atoms with Crippen molar-refractivity contribution in [2.75, 3.05) is 11.9 Å². The number of ketones is 1. The molecule has 0 aromatic heterocycles. The first-order chi connectivity index (χ1) is 15.9. The number of fused-ring (bicyclic) bond motifs is 1. The van der Waals surface area contributed by atoms with Crippen LogP contribution in [0.1, 0.15) is 49.0 Å². The Morgan fingerprint density at radius 2 is 1.61 bits per heavy atom. The van der Waals surface area contributed by atoms with E-state index in [1.165, 1.54) is 12.3 Å². The summed E-state index contributed by atoms with van der Waals surface area (Å²) in [6.45, 7) is 5.19. The van der Waals surface area contributed by atoms with E-state index in [9.17, 15) is 14.4 Å². The van der Waals surface area contributed by atoms with Crippen LogP contribution in [-0.4, -0.2) is 30.2 Å². The molecule has 3 rings (SSSR count). The molecule has 0 spiro atoms. The zero-order chi connectivity index (χ0) is 23.8. The second kappa shape index (κ2) is 11.3. The molecule has 3 N–H and O–H groups in total. The Morgan fingerprint density at radius 3 is 2.30 bits per heavy atom. The standard InChI is InChI=1S/C27H31N3O3/c1-4-5-10-25(26(32)17-28-19(3)31)30-27(33)24-14-13-22(15-18(24)2)29-23-12-11-20-8-6-7-9-21(20)16-23/h6-9,11-16,25,29H,4-5,10,17H2,1-3H3,(H,28,31)(H,30,33). The van der Waals surface area contributed by atoms with Gasteiger partial charge in [0, 0.05) is 23.9 Å². The van der Waals surface area contributed by atoms with Crippen LogP contribution in [0.5, 0.6) is 0 Å². The van der Waals surface area contributed by atoms with E-state index in [-0.39, 0.29) is 24.1 Å². The lowest BCUT2D eigenvalue weighted by Gasteiger charge is -2.19. The SMILES string of the molecule is CCCCC(NC(=O)c1ccc(Nc2ccc3ccccc3c2)cc1C)C(=O)CNC(C)=O. The summed E-state index contributed by atoms with van der Waals surface area (Å²) in [5.74, 6) is -0.754. The second-order valence-electron chi connectivity index (χ2n) is 8.26. The summed E-state index contributed by atoms with van der Waals surface area (Å²) >= 11 is 0. The highest BCUT2D eigenvalue weighted by molar-refractivity contribution is 6.00. The fourth-order valence-electron chi connectivity index (χ4n) is 3.72. The van der Waals surface area contributed by atoms with Gasteiger partial charge in [-0.1, -0.05) is 50.1 Å². The van der Waals surface area contributed by atoms with Crippen molar-refractivity contribution in [3.8, 4) is 0 Å².